The summed E-state index contributed by atoms with van der Waals surface area (Å²) in [5, 5.41) is 0. The predicted molar refractivity (Wildman–Crippen MR) is 58.4 cm³/mol. The first-order chi connectivity index (χ1) is 6.95. The van der Waals surface area contributed by atoms with Crippen LogP contribution in [0.25, 0.3) is 0 Å². The number of hydrogen-bond acceptors (Lipinski definition) is 1. The van der Waals surface area contributed by atoms with Crippen LogP contribution in [-0.2, 0) is 12.6 Å². The summed E-state index contributed by atoms with van der Waals surface area (Å²) in [5.41, 5.74) is 1.10. The van der Waals surface area contributed by atoms with Gasteiger partial charge in [-0.2, -0.15) is 25.8 Å². The molecule has 0 aliphatic carbocycles. The third-order valence-electron chi connectivity index (χ3n) is 2.27. The van der Waals surface area contributed by atoms with Crippen molar-refractivity contribution in [3.05, 3.63) is 34.9 Å². The minimum atomic E-state index is -4.24. The standard InChI is InChI=1S/C11H13F3S/c1-8-7-10(11(12,13)14)5-4-9(8)3-2-6-15/h4-5,7,15H,2-3,6H2,1H3. The highest BCUT2D eigenvalue weighted by Crippen LogP contribution is 2.30. The Hall–Kier alpha value is -0.640. The van der Waals surface area contributed by atoms with Crippen molar-refractivity contribution in [1.82, 2.24) is 0 Å². The average Bonchev–Trinajstić information content (AvgIpc) is 2.14. The third-order valence-corrected chi connectivity index (χ3v) is 2.59. The largest absolute Gasteiger partial charge is 0.416 e. The number of alkyl halides is 3. The lowest BCUT2D eigenvalue weighted by atomic mass is 10.0. The van der Waals surface area contributed by atoms with Crippen LogP contribution in [0.15, 0.2) is 18.2 Å². The summed E-state index contributed by atoms with van der Waals surface area (Å²) >= 11 is 4.07. The second-order valence-corrected chi connectivity index (χ2v) is 3.91. The van der Waals surface area contributed by atoms with Gasteiger partial charge in [-0.05, 0) is 48.8 Å². The summed E-state index contributed by atoms with van der Waals surface area (Å²) < 4.78 is 37.0. The van der Waals surface area contributed by atoms with Crippen LogP contribution < -0.4 is 0 Å². The topological polar surface area (TPSA) is 0 Å². The maximum Gasteiger partial charge on any atom is 0.416 e. The molecule has 0 unspecified atom stereocenters. The van der Waals surface area contributed by atoms with Gasteiger partial charge in [0, 0.05) is 0 Å². The summed E-state index contributed by atoms with van der Waals surface area (Å²) in [4.78, 5) is 0. The molecule has 0 nitrogen and oxygen atoms in total. The highest BCUT2D eigenvalue weighted by molar-refractivity contribution is 7.80. The van der Waals surface area contributed by atoms with Crippen molar-refractivity contribution in [2.45, 2.75) is 25.9 Å². The molecular formula is C11H13F3S. The fraction of sp³-hybridized carbons (Fsp3) is 0.455. The van der Waals surface area contributed by atoms with E-state index in [-0.39, 0.29) is 0 Å². The van der Waals surface area contributed by atoms with Crippen LogP contribution in [0.1, 0.15) is 23.1 Å². The van der Waals surface area contributed by atoms with Crippen LogP contribution in [0, 0.1) is 6.92 Å². The molecule has 0 amide bonds. The molecule has 0 N–H and O–H groups in total. The second-order valence-electron chi connectivity index (χ2n) is 3.47. The summed E-state index contributed by atoms with van der Waals surface area (Å²) in [5.74, 6) is 0.750. The van der Waals surface area contributed by atoms with Gasteiger partial charge in [0.05, 0.1) is 5.56 Å². The molecule has 15 heavy (non-hydrogen) atoms. The molecule has 1 aromatic carbocycles. The van der Waals surface area contributed by atoms with Gasteiger partial charge in [-0.1, -0.05) is 6.07 Å². The summed E-state index contributed by atoms with van der Waals surface area (Å²) in [6.45, 7) is 1.71. The van der Waals surface area contributed by atoms with Crippen LogP contribution in [0.5, 0.6) is 0 Å². The molecule has 0 radical (unpaired) electrons. The summed E-state index contributed by atoms with van der Waals surface area (Å²) in [7, 11) is 0. The molecule has 1 aromatic rings. The fourth-order valence-electron chi connectivity index (χ4n) is 1.42. The van der Waals surface area contributed by atoms with Gasteiger partial charge in [-0.3, -0.25) is 0 Å². The fourth-order valence-corrected chi connectivity index (χ4v) is 1.58. The molecular weight excluding hydrogens is 221 g/mol. The lowest BCUT2D eigenvalue weighted by Gasteiger charge is -2.10. The van der Waals surface area contributed by atoms with Crippen molar-refractivity contribution in [1.29, 1.82) is 0 Å². The van der Waals surface area contributed by atoms with Gasteiger partial charge in [0.25, 0.3) is 0 Å². The van der Waals surface area contributed by atoms with Crippen LogP contribution in [0.3, 0.4) is 0 Å². The van der Waals surface area contributed by atoms with Gasteiger partial charge in [-0.25, -0.2) is 0 Å². The molecule has 1 rings (SSSR count). The van der Waals surface area contributed by atoms with Crippen molar-refractivity contribution in [3.63, 3.8) is 0 Å². The van der Waals surface area contributed by atoms with Crippen molar-refractivity contribution in [3.8, 4) is 0 Å². The molecule has 0 aliphatic rings. The number of hydrogen-bond donors (Lipinski definition) is 1. The van der Waals surface area contributed by atoms with Gasteiger partial charge in [-0.15, -0.1) is 0 Å². The first kappa shape index (κ1) is 12.4. The van der Waals surface area contributed by atoms with Crippen LogP contribution in [-0.4, -0.2) is 5.75 Å². The Balaban J connectivity index is 2.88. The highest BCUT2D eigenvalue weighted by atomic mass is 32.1. The van der Waals surface area contributed by atoms with E-state index in [1.165, 1.54) is 6.07 Å². The van der Waals surface area contributed by atoms with Crippen molar-refractivity contribution >= 4 is 12.6 Å². The molecule has 0 fully saturated rings. The zero-order valence-corrected chi connectivity index (χ0v) is 9.33. The monoisotopic (exact) mass is 234 g/mol. The molecule has 4 heteroatoms. The zero-order chi connectivity index (χ0) is 11.5. The third kappa shape index (κ3) is 3.45. The van der Waals surface area contributed by atoms with E-state index in [2.05, 4.69) is 12.6 Å². The summed E-state index contributed by atoms with van der Waals surface area (Å²) in [6, 6.07) is 3.90. The number of thiol groups is 1. The maximum atomic E-state index is 12.3. The number of aryl methyl sites for hydroxylation is 2. The van der Waals surface area contributed by atoms with Gasteiger partial charge < -0.3 is 0 Å². The van der Waals surface area contributed by atoms with Gasteiger partial charge in [0.2, 0.25) is 0 Å². The first-order valence-corrected chi connectivity index (χ1v) is 5.36. The lowest BCUT2D eigenvalue weighted by Crippen LogP contribution is -2.05. The Morgan fingerprint density at radius 1 is 1.27 bits per heavy atom. The molecule has 0 spiro atoms. The maximum absolute atomic E-state index is 12.3. The Morgan fingerprint density at radius 2 is 1.93 bits per heavy atom. The molecule has 0 aliphatic heterocycles. The Kier molecular flexibility index (Phi) is 4.08. The van der Waals surface area contributed by atoms with E-state index in [1.54, 1.807) is 13.0 Å². The smallest absolute Gasteiger partial charge is 0.179 e. The van der Waals surface area contributed by atoms with E-state index < -0.39 is 11.7 Å². The van der Waals surface area contributed by atoms with E-state index in [9.17, 15) is 13.2 Å². The van der Waals surface area contributed by atoms with Crippen molar-refractivity contribution in [2.24, 2.45) is 0 Å². The van der Waals surface area contributed by atoms with Crippen molar-refractivity contribution < 1.29 is 13.2 Å². The van der Waals surface area contributed by atoms with E-state index in [0.29, 0.717) is 5.56 Å². The Labute approximate surface area is 92.9 Å². The van der Waals surface area contributed by atoms with Crippen LogP contribution in [0.2, 0.25) is 0 Å². The van der Waals surface area contributed by atoms with Crippen LogP contribution in [0.4, 0.5) is 13.2 Å². The molecule has 0 aromatic heterocycles. The number of benzene rings is 1. The quantitative estimate of drug-likeness (QED) is 0.754. The average molecular weight is 234 g/mol. The van der Waals surface area contributed by atoms with Gasteiger partial charge in [0.15, 0.2) is 0 Å². The minimum Gasteiger partial charge on any atom is -0.179 e. The minimum absolute atomic E-state index is 0.574. The van der Waals surface area contributed by atoms with Crippen molar-refractivity contribution in [2.75, 3.05) is 5.75 Å². The SMILES string of the molecule is Cc1cc(C(F)(F)F)ccc1CCCS. The lowest BCUT2D eigenvalue weighted by molar-refractivity contribution is -0.137. The normalized spacial score (nSPS) is 11.8. The van der Waals surface area contributed by atoms with E-state index in [0.717, 1.165) is 30.2 Å². The molecule has 0 saturated carbocycles. The highest BCUT2D eigenvalue weighted by Gasteiger charge is 2.30. The molecule has 84 valence electrons. The zero-order valence-electron chi connectivity index (χ0n) is 8.43. The number of halogens is 3. The van der Waals surface area contributed by atoms with E-state index in [1.807, 2.05) is 0 Å². The van der Waals surface area contributed by atoms with E-state index in [4.69, 9.17) is 0 Å². The Morgan fingerprint density at radius 3 is 2.40 bits per heavy atom. The number of rotatable bonds is 3. The first-order valence-electron chi connectivity index (χ1n) is 4.72. The Bertz CT molecular complexity index is 331. The van der Waals surface area contributed by atoms with Crippen LogP contribution >= 0.6 is 12.6 Å². The molecule has 0 bridgehead atoms. The van der Waals surface area contributed by atoms with Gasteiger partial charge in [0.1, 0.15) is 0 Å². The van der Waals surface area contributed by atoms with Gasteiger partial charge >= 0.3 is 6.18 Å². The molecule has 0 heterocycles. The summed E-state index contributed by atoms with van der Waals surface area (Å²) in [6.07, 6.45) is -2.57. The van der Waals surface area contributed by atoms with E-state index >= 15 is 0 Å². The predicted octanol–water partition coefficient (Wildman–Crippen LogP) is 3.88. The molecule has 0 atom stereocenters. The second kappa shape index (κ2) is 4.92. The molecule has 0 saturated heterocycles.